The zero-order valence-corrected chi connectivity index (χ0v) is 12.6. The van der Waals surface area contributed by atoms with Crippen LogP contribution in [0.2, 0.25) is 5.15 Å². The lowest BCUT2D eigenvalue weighted by Gasteiger charge is -2.10. The van der Waals surface area contributed by atoms with Crippen molar-refractivity contribution in [2.45, 2.75) is 33.2 Å². The Hall–Kier alpha value is -0.910. The Kier molecular flexibility index (Phi) is 3.75. The average Bonchev–Trinajstić information content (AvgIpc) is 2.73. The number of thiazole rings is 1. The normalized spacial score (nSPS) is 13.0. The van der Waals surface area contributed by atoms with Crippen LogP contribution in [-0.4, -0.2) is 14.8 Å². The number of aryl methyl sites for hydroxylation is 4. The molecule has 2 aromatic heterocycles. The quantitative estimate of drug-likeness (QED) is 0.943. The number of hydrogen-bond donors (Lipinski definition) is 1. The van der Waals surface area contributed by atoms with Crippen molar-refractivity contribution in [3.8, 4) is 0 Å². The van der Waals surface area contributed by atoms with E-state index in [0.717, 1.165) is 26.8 Å². The Morgan fingerprint density at radius 3 is 2.44 bits per heavy atom. The first-order valence-corrected chi connectivity index (χ1v) is 6.97. The molecule has 2 heterocycles. The lowest BCUT2D eigenvalue weighted by atomic mass is 10.1. The molecule has 0 saturated heterocycles. The molecule has 2 aromatic rings. The number of nitrogens with zero attached hydrogens (tertiary/aromatic N) is 3. The molecular weight excluding hydrogens is 268 g/mol. The fourth-order valence-electron chi connectivity index (χ4n) is 2.11. The lowest BCUT2D eigenvalue weighted by Crippen LogP contribution is -2.13. The third-order valence-electron chi connectivity index (χ3n) is 2.97. The maximum Gasteiger partial charge on any atom is 0.130 e. The van der Waals surface area contributed by atoms with Gasteiger partial charge in [-0.3, -0.25) is 4.68 Å². The molecule has 18 heavy (non-hydrogen) atoms. The third kappa shape index (κ3) is 2.43. The highest BCUT2D eigenvalue weighted by Gasteiger charge is 2.19. The van der Waals surface area contributed by atoms with Gasteiger partial charge in [0.05, 0.1) is 16.4 Å². The smallest absolute Gasteiger partial charge is 0.130 e. The van der Waals surface area contributed by atoms with Crippen molar-refractivity contribution >= 4 is 22.9 Å². The second-order valence-electron chi connectivity index (χ2n) is 4.47. The van der Waals surface area contributed by atoms with Crippen molar-refractivity contribution in [2.75, 3.05) is 0 Å². The Balaban J connectivity index is 2.26. The Morgan fingerprint density at radius 1 is 1.33 bits per heavy atom. The van der Waals surface area contributed by atoms with Crippen molar-refractivity contribution in [1.82, 2.24) is 14.8 Å². The number of hydrogen-bond acceptors (Lipinski definition) is 4. The van der Waals surface area contributed by atoms with Gasteiger partial charge in [-0.2, -0.15) is 5.10 Å². The molecule has 2 N–H and O–H groups in total. The SMILES string of the molecule is Cc1nc(C)c(C(N)Cc2c(C)nn(C)c2Cl)s1. The molecule has 1 atom stereocenters. The molecule has 98 valence electrons. The molecule has 6 heteroatoms. The summed E-state index contributed by atoms with van der Waals surface area (Å²) in [6.07, 6.45) is 0.695. The van der Waals surface area contributed by atoms with Gasteiger partial charge in [0.15, 0.2) is 0 Å². The molecule has 1 unspecified atom stereocenters. The summed E-state index contributed by atoms with van der Waals surface area (Å²) in [6, 6.07) is -0.0726. The second kappa shape index (κ2) is 4.99. The molecule has 0 radical (unpaired) electrons. The minimum absolute atomic E-state index is 0.0726. The summed E-state index contributed by atoms with van der Waals surface area (Å²) in [5.41, 5.74) is 9.25. The van der Waals surface area contributed by atoms with Gasteiger partial charge >= 0.3 is 0 Å². The van der Waals surface area contributed by atoms with Gasteiger partial charge in [-0.1, -0.05) is 11.6 Å². The first-order chi connectivity index (χ1) is 8.40. The number of rotatable bonds is 3. The third-order valence-corrected chi connectivity index (χ3v) is 4.65. The van der Waals surface area contributed by atoms with Gasteiger partial charge in [-0.05, 0) is 27.2 Å². The molecule has 0 aliphatic carbocycles. The minimum Gasteiger partial charge on any atom is -0.323 e. The van der Waals surface area contributed by atoms with Crippen LogP contribution in [0.5, 0.6) is 0 Å². The van der Waals surface area contributed by atoms with Crippen LogP contribution in [0.15, 0.2) is 0 Å². The molecule has 0 aliphatic rings. The molecule has 4 nitrogen and oxygen atoms in total. The summed E-state index contributed by atoms with van der Waals surface area (Å²) in [4.78, 5) is 5.54. The minimum atomic E-state index is -0.0726. The number of nitrogens with two attached hydrogens (primary N) is 1. The molecule has 2 rings (SSSR count). The van der Waals surface area contributed by atoms with E-state index in [1.165, 1.54) is 0 Å². The molecule has 0 bridgehead atoms. The summed E-state index contributed by atoms with van der Waals surface area (Å²) in [7, 11) is 1.84. The second-order valence-corrected chi connectivity index (χ2v) is 6.06. The van der Waals surface area contributed by atoms with Crippen LogP contribution in [0.25, 0.3) is 0 Å². The lowest BCUT2D eigenvalue weighted by molar-refractivity contribution is 0.724. The number of aromatic nitrogens is 3. The van der Waals surface area contributed by atoms with E-state index in [1.807, 2.05) is 27.8 Å². The predicted octanol–water partition coefficient (Wildman–Crippen LogP) is 2.70. The molecule has 0 amide bonds. The predicted molar refractivity (Wildman–Crippen MR) is 75.2 cm³/mol. The van der Waals surface area contributed by atoms with Crippen LogP contribution in [0, 0.1) is 20.8 Å². The fourth-order valence-corrected chi connectivity index (χ4v) is 3.29. The largest absolute Gasteiger partial charge is 0.323 e. The number of halogens is 1. The summed E-state index contributed by atoms with van der Waals surface area (Å²) in [5.74, 6) is 0. The van der Waals surface area contributed by atoms with E-state index in [0.29, 0.717) is 11.6 Å². The molecule has 0 fully saturated rings. The van der Waals surface area contributed by atoms with Crippen LogP contribution >= 0.6 is 22.9 Å². The zero-order chi connectivity index (χ0) is 13.4. The van der Waals surface area contributed by atoms with Gasteiger partial charge in [-0.25, -0.2) is 4.98 Å². The van der Waals surface area contributed by atoms with E-state index in [2.05, 4.69) is 10.1 Å². The zero-order valence-electron chi connectivity index (χ0n) is 11.0. The van der Waals surface area contributed by atoms with Crippen LogP contribution < -0.4 is 5.73 Å². The monoisotopic (exact) mass is 284 g/mol. The van der Waals surface area contributed by atoms with E-state index < -0.39 is 0 Å². The molecule has 0 aromatic carbocycles. The standard InChI is InChI=1S/C12H17ClN4S/c1-6-9(12(13)17(4)16-6)5-10(14)11-7(2)15-8(3)18-11/h10H,5,14H2,1-4H3. The highest BCUT2D eigenvalue weighted by molar-refractivity contribution is 7.11. The van der Waals surface area contributed by atoms with Gasteiger partial charge in [0.25, 0.3) is 0 Å². The first-order valence-electron chi connectivity index (χ1n) is 5.77. The van der Waals surface area contributed by atoms with E-state index in [-0.39, 0.29) is 6.04 Å². The van der Waals surface area contributed by atoms with Crippen LogP contribution in [0.4, 0.5) is 0 Å². The van der Waals surface area contributed by atoms with E-state index in [9.17, 15) is 0 Å². The molecule has 0 saturated carbocycles. The van der Waals surface area contributed by atoms with Gasteiger partial charge in [0.1, 0.15) is 5.15 Å². The van der Waals surface area contributed by atoms with Crippen molar-refractivity contribution in [3.63, 3.8) is 0 Å². The van der Waals surface area contributed by atoms with E-state index in [1.54, 1.807) is 16.0 Å². The summed E-state index contributed by atoms with van der Waals surface area (Å²) in [5, 5.41) is 6.02. The van der Waals surface area contributed by atoms with E-state index >= 15 is 0 Å². The Bertz CT molecular complexity index is 573. The summed E-state index contributed by atoms with van der Waals surface area (Å²) in [6.45, 7) is 5.95. The van der Waals surface area contributed by atoms with Crippen molar-refractivity contribution in [3.05, 3.63) is 32.0 Å². The molecule has 0 spiro atoms. The Labute approximate surface area is 116 Å². The molecular formula is C12H17ClN4S. The highest BCUT2D eigenvalue weighted by atomic mass is 35.5. The Morgan fingerprint density at radius 2 is 2.00 bits per heavy atom. The van der Waals surface area contributed by atoms with Gasteiger partial charge in [0, 0.05) is 23.5 Å². The first kappa shape index (κ1) is 13.5. The summed E-state index contributed by atoms with van der Waals surface area (Å²) < 4.78 is 1.68. The molecule has 0 aliphatic heterocycles. The average molecular weight is 285 g/mol. The maximum atomic E-state index is 6.26. The van der Waals surface area contributed by atoms with Crippen LogP contribution in [0.1, 0.15) is 32.9 Å². The van der Waals surface area contributed by atoms with Crippen molar-refractivity contribution in [1.29, 1.82) is 0 Å². The van der Waals surface area contributed by atoms with Gasteiger partial charge in [-0.15, -0.1) is 11.3 Å². The topological polar surface area (TPSA) is 56.7 Å². The van der Waals surface area contributed by atoms with Gasteiger partial charge < -0.3 is 5.73 Å². The van der Waals surface area contributed by atoms with Gasteiger partial charge in [0.2, 0.25) is 0 Å². The van der Waals surface area contributed by atoms with E-state index in [4.69, 9.17) is 17.3 Å². The summed E-state index contributed by atoms with van der Waals surface area (Å²) >= 11 is 7.88. The van der Waals surface area contributed by atoms with Crippen molar-refractivity contribution < 1.29 is 0 Å². The van der Waals surface area contributed by atoms with Crippen molar-refractivity contribution in [2.24, 2.45) is 12.8 Å². The van der Waals surface area contributed by atoms with Crippen LogP contribution in [-0.2, 0) is 13.5 Å². The maximum absolute atomic E-state index is 6.26. The highest BCUT2D eigenvalue weighted by Crippen LogP contribution is 2.29. The van der Waals surface area contributed by atoms with Crippen LogP contribution in [0.3, 0.4) is 0 Å². The fraction of sp³-hybridized carbons (Fsp3) is 0.500.